The summed E-state index contributed by atoms with van der Waals surface area (Å²) < 4.78 is 1.89. The lowest BCUT2D eigenvalue weighted by molar-refractivity contribution is 0.624. The standard InChI is InChI=1S/C17H25N3/c1-5-14(11-17-12-20(6-2)19-18-17)16-9-7-15(8-10-16)13(3)4/h7-10,12-14H,5-6,11H2,1-4H3. The predicted molar refractivity (Wildman–Crippen MR) is 83.0 cm³/mol. The van der Waals surface area contributed by atoms with Gasteiger partial charge in [0.15, 0.2) is 0 Å². The van der Waals surface area contributed by atoms with E-state index in [9.17, 15) is 0 Å². The maximum Gasteiger partial charge on any atom is 0.0833 e. The lowest BCUT2D eigenvalue weighted by atomic mass is 9.90. The highest BCUT2D eigenvalue weighted by Crippen LogP contribution is 2.25. The van der Waals surface area contributed by atoms with E-state index < -0.39 is 0 Å². The minimum absolute atomic E-state index is 0.526. The molecule has 20 heavy (non-hydrogen) atoms. The number of benzene rings is 1. The van der Waals surface area contributed by atoms with Crippen LogP contribution in [0.4, 0.5) is 0 Å². The highest BCUT2D eigenvalue weighted by molar-refractivity contribution is 5.27. The smallest absolute Gasteiger partial charge is 0.0833 e. The Morgan fingerprint density at radius 3 is 2.20 bits per heavy atom. The maximum absolute atomic E-state index is 4.26. The van der Waals surface area contributed by atoms with Crippen molar-refractivity contribution in [1.29, 1.82) is 0 Å². The fourth-order valence-electron chi connectivity index (χ4n) is 2.49. The molecule has 0 amide bonds. The van der Waals surface area contributed by atoms with Crippen LogP contribution in [-0.4, -0.2) is 15.0 Å². The number of rotatable bonds is 6. The largest absolute Gasteiger partial charge is 0.253 e. The van der Waals surface area contributed by atoms with Crippen molar-refractivity contribution in [3.05, 3.63) is 47.3 Å². The van der Waals surface area contributed by atoms with Gasteiger partial charge in [-0.1, -0.05) is 50.3 Å². The molecule has 0 N–H and O–H groups in total. The summed E-state index contributed by atoms with van der Waals surface area (Å²) in [4.78, 5) is 0. The van der Waals surface area contributed by atoms with E-state index in [0.717, 1.165) is 25.1 Å². The Hall–Kier alpha value is -1.64. The first-order chi connectivity index (χ1) is 9.63. The molecule has 0 spiro atoms. The minimum Gasteiger partial charge on any atom is -0.253 e. The molecule has 108 valence electrons. The summed E-state index contributed by atoms with van der Waals surface area (Å²) in [7, 11) is 0. The molecule has 0 saturated heterocycles. The normalized spacial score (nSPS) is 12.8. The Morgan fingerprint density at radius 2 is 1.70 bits per heavy atom. The third-order valence-corrected chi connectivity index (χ3v) is 3.93. The quantitative estimate of drug-likeness (QED) is 0.790. The molecule has 3 nitrogen and oxygen atoms in total. The highest BCUT2D eigenvalue weighted by Gasteiger charge is 2.13. The number of hydrogen-bond acceptors (Lipinski definition) is 2. The summed E-state index contributed by atoms with van der Waals surface area (Å²) in [5.74, 6) is 1.12. The Kier molecular flexibility index (Phi) is 4.94. The van der Waals surface area contributed by atoms with Crippen molar-refractivity contribution in [2.45, 2.75) is 58.9 Å². The van der Waals surface area contributed by atoms with Gasteiger partial charge in [-0.25, -0.2) is 0 Å². The molecule has 2 aromatic rings. The average molecular weight is 271 g/mol. The summed E-state index contributed by atoms with van der Waals surface area (Å²) in [6, 6.07) is 9.05. The molecule has 0 fully saturated rings. The van der Waals surface area contributed by atoms with Crippen molar-refractivity contribution in [3.63, 3.8) is 0 Å². The molecule has 0 saturated carbocycles. The Balaban J connectivity index is 2.11. The molecule has 0 aliphatic heterocycles. The van der Waals surface area contributed by atoms with Crippen LogP contribution in [0.2, 0.25) is 0 Å². The zero-order valence-corrected chi connectivity index (χ0v) is 13.0. The van der Waals surface area contributed by atoms with E-state index in [0.29, 0.717) is 11.8 Å². The van der Waals surface area contributed by atoms with Crippen LogP contribution in [0.1, 0.15) is 62.8 Å². The molecule has 1 atom stereocenters. The molecule has 0 aliphatic carbocycles. The van der Waals surface area contributed by atoms with E-state index in [1.807, 2.05) is 4.68 Å². The number of aryl methyl sites for hydroxylation is 1. The molecule has 1 heterocycles. The van der Waals surface area contributed by atoms with Gasteiger partial charge in [0.1, 0.15) is 0 Å². The van der Waals surface area contributed by atoms with E-state index in [1.165, 1.54) is 11.1 Å². The van der Waals surface area contributed by atoms with E-state index in [1.54, 1.807) is 0 Å². The van der Waals surface area contributed by atoms with Gasteiger partial charge in [-0.3, -0.25) is 4.68 Å². The second kappa shape index (κ2) is 6.69. The molecule has 1 aromatic carbocycles. The van der Waals surface area contributed by atoms with E-state index in [-0.39, 0.29) is 0 Å². The van der Waals surface area contributed by atoms with Gasteiger partial charge < -0.3 is 0 Å². The van der Waals surface area contributed by atoms with Gasteiger partial charge in [-0.2, -0.15) is 0 Å². The van der Waals surface area contributed by atoms with Crippen molar-refractivity contribution >= 4 is 0 Å². The third-order valence-electron chi connectivity index (χ3n) is 3.93. The molecular formula is C17H25N3. The SMILES string of the molecule is CCC(Cc1cn(CC)nn1)c1ccc(C(C)C)cc1. The topological polar surface area (TPSA) is 30.7 Å². The molecule has 0 bridgehead atoms. The monoisotopic (exact) mass is 271 g/mol. The Labute approximate surface area is 122 Å². The zero-order valence-electron chi connectivity index (χ0n) is 13.0. The molecular weight excluding hydrogens is 246 g/mol. The first kappa shape index (κ1) is 14.8. The van der Waals surface area contributed by atoms with Crippen molar-refractivity contribution in [2.24, 2.45) is 0 Å². The Morgan fingerprint density at radius 1 is 1.05 bits per heavy atom. The van der Waals surface area contributed by atoms with Crippen LogP contribution in [-0.2, 0) is 13.0 Å². The van der Waals surface area contributed by atoms with Gasteiger partial charge in [0.05, 0.1) is 5.69 Å². The highest BCUT2D eigenvalue weighted by atomic mass is 15.4. The number of aromatic nitrogens is 3. The van der Waals surface area contributed by atoms with Crippen molar-refractivity contribution in [3.8, 4) is 0 Å². The first-order valence-corrected chi connectivity index (χ1v) is 7.62. The first-order valence-electron chi connectivity index (χ1n) is 7.62. The molecule has 2 rings (SSSR count). The van der Waals surface area contributed by atoms with Gasteiger partial charge in [0.25, 0.3) is 0 Å². The fourth-order valence-corrected chi connectivity index (χ4v) is 2.49. The molecule has 1 unspecified atom stereocenters. The second-order valence-corrected chi connectivity index (χ2v) is 5.70. The van der Waals surface area contributed by atoms with Crippen LogP contribution in [0.3, 0.4) is 0 Å². The molecule has 0 radical (unpaired) electrons. The third kappa shape index (κ3) is 3.47. The lowest BCUT2D eigenvalue weighted by Gasteiger charge is -2.15. The second-order valence-electron chi connectivity index (χ2n) is 5.70. The maximum atomic E-state index is 4.26. The average Bonchev–Trinajstić information content (AvgIpc) is 2.92. The van der Waals surface area contributed by atoms with Gasteiger partial charge in [-0.15, -0.1) is 5.10 Å². The summed E-state index contributed by atoms with van der Waals surface area (Å²) in [6.45, 7) is 9.67. The van der Waals surface area contributed by atoms with Crippen LogP contribution < -0.4 is 0 Å². The van der Waals surface area contributed by atoms with Gasteiger partial charge in [-0.05, 0) is 42.7 Å². The van der Waals surface area contributed by atoms with E-state index in [2.05, 4.69) is 68.5 Å². The van der Waals surface area contributed by atoms with Crippen LogP contribution in [0.5, 0.6) is 0 Å². The van der Waals surface area contributed by atoms with Crippen LogP contribution in [0, 0.1) is 0 Å². The summed E-state index contributed by atoms with van der Waals surface area (Å²) in [5.41, 5.74) is 3.90. The van der Waals surface area contributed by atoms with Crippen LogP contribution in [0.15, 0.2) is 30.5 Å². The van der Waals surface area contributed by atoms with Crippen molar-refractivity contribution in [1.82, 2.24) is 15.0 Å². The lowest BCUT2D eigenvalue weighted by Crippen LogP contribution is -2.03. The molecule has 3 heteroatoms. The zero-order chi connectivity index (χ0) is 14.5. The molecule has 0 aliphatic rings. The predicted octanol–water partition coefficient (Wildman–Crippen LogP) is 4.16. The number of nitrogens with zero attached hydrogens (tertiary/aromatic N) is 3. The summed E-state index contributed by atoms with van der Waals surface area (Å²) >= 11 is 0. The fraction of sp³-hybridized carbons (Fsp3) is 0.529. The van der Waals surface area contributed by atoms with Gasteiger partial charge >= 0.3 is 0 Å². The Bertz CT molecular complexity index is 525. The van der Waals surface area contributed by atoms with Crippen molar-refractivity contribution in [2.75, 3.05) is 0 Å². The van der Waals surface area contributed by atoms with Crippen LogP contribution in [0.25, 0.3) is 0 Å². The minimum atomic E-state index is 0.526. The van der Waals surface area contributed by atoms with E-state index in [4.69, 9.17) is 0 Å². The summed E-state index contributed by atoms with van der Waals surface area (Å²) in [5, 5.41) is 8.38. The summed E-state index contributed by atoms with van der Waals surface area (Å²) in [6.07, 6.45) is 4.16. The van der Waals surface area contributed by atoms with E-state index >= 15 is 0 Å². The molecule has 1 aromatic heterocycles. The van der Waals surface area contributed by atoms with Gasteiger partial charge in [0.2, 0.25) is 0 Å². The number of hydrogen-bond donors (Lipinski definition) is 0. The van der Waals surface area contributed by atoms with Crippen LogP contribution >= 0.6 is 0 Å². The van der Waals surface area contributed by atoms with Crippen molar-refractivity contribution < 1.29 is 0 Å². The van der Waals surface area contributed by atoms with Gasteiger partial charge in [0, 0.05) is 12.7 Å².